The Kier molecular flexibility index (Phi) is 5.75. The largest absolute Gasteiger partial charge is 0.481 e. The third kappa shape index (κ3) is 6.60. The Balaban J connectivity index is 2.44. The molecule has 1 rings (SSSR count). The van der Waals surface area contributed by atoms with Gasteiger partial charge in [-0.25, -0.2) is 0 Å². The molecule has 0 heterocycles. The van der Waals surface area contributed by atoms with E-state index >= 15 is 0 Å². The number of nitrogens with one attached hydrogen (secondary N) is 2. The number of rotatable bonds is 6. The van der Waals surface area contributed by atoms with Crippen LogP contribution in [-0.2, 0) is 14.4 Å². The lowest BCUT2D eigenvalue weighted by atomic mass is 9.92. The van der Waals surface area contributed by atoms with Crippen molar-refractivity contribution in [2.24, 2.45) is 5.41 Å². The zero-order valence-electron chi connectivity index (χ0n) is 13.1. The first kappa shape index (κ1) is 17.5. The summed E-state index contributed by atoms with van der Waals surface area (Å²) in [5.41, 5.74) is -0.770. The summed E-state index contributed by atoms with van der Waals surface area (Å²) < 4.78 is 0. The molecule has 120 valence electrons. The number of amides is 2. The van der Waals surface area contributed by atoms with Gasteiger partial charge in [0.15, 0.2) is 0 Å². The van der Waals surface area contributed by atoms with Gasteiger partial charge in [-0.2, -0.15) is 0 Å². The Labute approximate surface area is 125 Å². The van der Waals surface area contributed by atoms with Gasteiger partial charge in [-0.1, -0.05) is 33.6 Å². The lowest BCUT2D eigenvalue weighted by Gasteiger charge is -2.28. The molecule has 1 saturated carbocycles. The fourth-order valence-corrected chi connectivity index (χ4v) is 2.75. The highest BCUT2D eigenvalue weighted by molar-refractivity contribution is 5.85. The molecule has 1 fully saturated rings. The molecular formula is C15H26N2O4. The predicted molar refractivity (Wildman–Crippen MR) is 78.7 cm³/mol. The van der Waals surface area contributed by atoms with E-state index in [9.17, 15) is 14.4 Å². The van der Waals surface area contributed by atoms with E-state index in [-0.39, 0.29) is 30.2 Å². The maximum absolute atomic E-state index is 11.9. The number of hydrogen-bond donors (Lipinski definition) is 3. The second-order valence-electron chi connectivity index (χ2n) is 7.12. The Morgan fingerprint density at radius 2 is 1.67 bits per heavy atom. The summed E-state index contributed by atoms with van der Waals surface area (Å²) in [4.78, 5) is 34.6. The average Bonchev–Trinajstić information content (AvgIpc) is 2.71. The quantitative estimate of drug-likeness (QED) is 0.691. The first-order valence-corrected chi connectivity index (χ1v) is 7.41. The molecule has 0 spiro atoms. The van der Waals surface area contributed by atoms with Crippen molar-refractivity contribution in [2.45, 2.75) is 64.8 Å². The molecule has 6 nitrogen and oxygen atoms in total. The number of aliphatic carboxylic acids is 1. The summed E-state index contributed by atoms with van der Waals surface area (Å²) in [6, 6.07) is 0. The van der Waals surface area contributed by atoms with Gasteiger partial charge in [0.1, 0.15) is 0 Å². The van der Waals surface area contributed by atoms with Gasteiger partial charge in [-0.05, 0) is 18.3 Å². The molecule has 6 heteroatoms. The zero-order valence-corrected chi connectivity index (χ0v) is 13.1. The number of carbonyl (C=O) groups is 3. The number of hydrogen-bond acceptors (Lipinski definition) is 3. The van der Waals surface area contributed by atoms with E-state index in [4.69, 9.17) is 5.11 Å². The third-order valence-electron chi connectivity index (χ3n) is 3.59. The summed E-state index contributed by atoms with van der Waals surface area (Å²) in [6.45, 7) is 5.75. The Bertz CT molecular complexity index is 406. The van der Waals surface area contributed by atoms with Crippen molar-refractivity contribution >= 4 is 17.8 Å². The van der Waals surface area contributed by atoms with E-state index in [1.807, 2.05) is 20.8 Å². The molecule has 0 radical (unpaired) electrons. The summed E-state index contributed by atoms with van der Waals surface area (Å²) >= 11 is 0. The first-order chi connectivity index (χ1) is 9.62. The van der Waals surface area contributed by atoms with Crippen LogP contribution in [-0.4, -0.2) is 35.0 Å². The van der Waals surface area contributed by atoms with Crippen LogP contribution in [0.25, 0.3) is 0 Å². The molecule has 1 aliphatic carbocycles. The van der Waals surface area contributed by atoms with Crippen molar-refractivity contribution in [3.63, 3.8) is 0 Å². The van der Waals surface area contributed by atoms with Crippen molar-refractivity contribution in [1.82, 2.24) is 10.6 Å². The van der Waals surface area contributed by atoms with Crippen LogP contribution in [0.2, 0.25) is 0 Å². The van der Waals surface area contributed by atoms with Crippen LogP contribution in [0.15, 0.2) is 0 Å². The maximum Gasteiger partial charge on any atom is 0.305 e. The minimum absolute atomic E-state index is 0.0608. The van der Waals surface area contributed by atoms with Crippen LogP contribution in [0.1, 0.15) is 59.3 Å². The highest BCUT2D eigenvalue weighted by Crippen LogP contribution is 2.32. The molecule has 0 aromatic rings. The van der Waals surface area contributed by atoms with E-state index in [0.717, 1.165) is 12.8 Å². The zero-order chi connectivity index (χ0) is 16.1. The predicted octanol–water partition coefficient (Wildman–Crippen LogP) is 1.44. The molecule has 3 N–H and O–H groups in total. The minimum atomic E-state index is -0.908. The molecule has 2 amide bonds. The van der Waals surface area contributed by atoms with Gasteiger partial charge in [-0.3, -0.25) is 14.4 Å². The lowest BCUT2D eigenvalue weighted by Crippen LogP contribution is -2.51. The van der Waals surface area contributed by atoms with Gasteiger partial charge in [0, 0.05) is 6.42 Å². The summed E-state index contributed by atoms with van der Waals surface area (Å²) in [5.74, 6) is -1.40. The van der Waals surface area contributed by atoms with Gasteiger partial charge >= 0.3 is 5.97 Å². The number of carbonyl (C=O) groups excluding carboxylic acids is 2. The lowest BCUT2D eigenvalue weighted by molar-refractivity contribution is -0.139. The molecule has 0 aromatic heterocycles. The molecule has 0 atom stereocenters. The molecule has 21 heavy (non-hydrogen) atoms. The van der Waals surface area contributed by atoms with Crippen LogP contribution in [0.5, 0.6) is 0 Å². The second kappa shape index (κ2) is 6.91. The van der Waals surface area contributed by atoms with E-state index in [2.05, 4.69) is 10.6 Å². The fourth-order valence-electron chi connectivity index (χ4n) is 2.75. The fraction of sp³-hybridized carbons (Fsp3) is 0.800. The van der Waals surface area contributed by atoms with Crippen LogP contribution in [0.3, 0.4) is 0 Å². The minimum Gasteiger partial charge on any atom is -0.481 e. The van der Waals surface area contributed by atoms with Crippen molar-refractivity contribution in [3.8, 4) is 0 Å². The molecule has 0 aromatic carbocycles. The van der Waals surface area contributed by atoms with Gasteiger partial charge in [0.05, 0.1) is 18.5 Å². The second-order valence-corrected chi connectivity index (χ2v) is 7.12. The standard InChI is InChI=1S/C15H26N2O4/c1-14(2,3)8-11(18)16-10-12(19)17-15(9-13(20)21)6-4-5-7-15/h4-10H2,1-3H3,(H,16,18)(H,17,19)(H,20,21). The maximum atomic E-state index is 11.9. The summed E-state index contributed by atoms with van der Waals surface area (Å²) in [6.07, 6.45) is 3.49. The average molecular weight is 298 g/mol. The first-order valence-electron chi connectivity index (χ1n) is 7.41. The van der Waals surface area contributed by atoms with Crippen LogP contribution in [0, 0.1) is 5.41 Å². The van der Waals surface area contributed by atoms with E-state index in [0.29, 0.717) is 19.3 Å². The summed E-state index contributed by atoms with van der Waals surface area (Å²) in [7, 11) is 0. The Morgan fingerprint density at radius 1 is 1.10 bits per heavy atom. The van der Waals surface area contributed by atoms with E-state index in [1.165, 1.54) is 0 Å². The van der Waals surface area contributed by atoms with Crippen LogP contribution >= 0.6 is 0 Å². The molecule has 1 aliphatic rings. The van der Waals surface area contributed by atoms with Gasteiger partial charge in [0.25, 0.3) is 0 Å². The van der Waals surface area contributed by atoms with Crippen LogP contribution < -0.4 is 10.6 Å². The molecule has 0 bridgehead atoms. The Morgan fingerprint density at radius 3 is 2.14 bits per heavy atom. The number of carboxylic acid groups (broad SMARTS) is 1. The van der Waals surface area contributed by atoms with Gasteiger partial charge < -0.3 is 15.7 Å². The molecule has 0 unspecified atom stereocenters. The van der Waals surface area contributed by atoms with Crippen molar-refractivity contribution < 1.29 is 19.5 Å². The van der Waals surface area contributed by atoms with E-state index < -0.39 is 11.5 Å². The van der Waals surface area contributed by atoms with Crippen LogP contribution in [0.4, 0.5) is 0 Å². The third-order valence-corrected chi connectivity index (χ3v) is 3.59. The molecule has 0 aliphatic heterocycles. The smallest absolute Gasteiger partial charge is 0.305 e. The summed E-state index contributed by atoms with van der Waals surface area (Å²) in [5, 5.41) is 14.4. The van der Waals surface area contributed by atoms with Gasteiger partial charge in [0.2, 0.25) is 11.8 Å². The van der Waals surface area contributed by atoms with Crippen molar-refractivity contribution in [3.05, 3.63) is 0 Å². The molecular weight excluding hydrogens is 272 g/mol. The highest BCUT2D eigenvalue weighted by atomic mass is 16.4. The monoisotopic (exact) mass is 298 g/mol. The van der Waals surface area contributed by atoms with Crippen molar-refractivity contribution in [2.75, 3.05) is 6.54 Å². The Hall–Kier alpha value is -1.59. The topological polar surface area (TPSA) is 95.5 Å². The molecule has 0 saturated heterocycles. The van der Waals surface area contributed by atoms with Crippen molar-refractivity contribution in [1.29, 1.82) is 0 Å². The highest BCUT2D eigenvalue weighted by Gasteiger charge is 2.37. The number of carboxylic acids is 1. The van der Waals surface area contributed by atoms with E-state index in [1.54, 1.807) is 0 Å². The SMILES string of the molecule is CC(C)(C)CC(=O)NCC(=O)NC1(CC(=O)O)CCCC1. The normalized spacial score (nSPS) is 17.3. The van der Waals surface area contributed by atoms with Gasteiger partial charge in [-0.15, -0.1) is 0 Å².